The summed E-state index contributed by atoms with van der Waals surface area (Å²) in [7, 11) is 0. The molecule has 2 bridgehead atoms. The predicted molar refractivity (Wildman–Crippen MR) is 68.5 cm³/mol. The van der Waals surface area contributed by atoms with Crippen LogP contribution in [0.15, 0.2) is 12.5 Å². The van der Waals surface area contributed by atoms with Crippen molar-refractivity contribution in [3.8, 4) is 0 Å². The summed E-state index contributed by atoms with van der Waals surface area (Å²) in [6, 6.07) is 0.646. The van der Waals surface area contributed by atoms with Crippen molar-refractivity contribution >= 4 is 0 Å². The molecule has 1 aromatic rings. The van der Waals surface area contributed by atoms with Gasteiger partial charge in [-0.25, -0.2) is 4.98 Å². The molecule has 2 fully saturated rings. The average Bonchev–Trinajstić information content (AvgIpc) is 3.02. The number of aromatic nitrogens is 2. The van der Waals surface area contributed by atoms with Gasteiger partial charge in [0.1, 0.15) is 0 Å². The molecule has 2 aliphatic rings. The van der Waals surface area contributed by atoms with Crippen molar-refractivity contribution in [3.05, 3.63) is 18.2 Å². The Morgan fingerprint density at radius 1 is 1.35 bits per heavy atom. The molecule has 17 heavy (non-hydrogen) atoms. The van der Waals surface area contributed by atoms with Crippen LogP contribution in [-0.4, -0.2) is 9.55 Å². The Morgan fingerprint density at radius 2 is 2.18 bits per heavy atom. The fourth-order valence-corrected chi connectivity index (χ4v) is 4.10. The Bertz CT molecular complexity index is 396. The van der Waals surface area contributed by atoms with E-state index in [0.717, 1.165) is 17.8 Å². The van der Waals surface area contributed by atoms with Gasteiger partial charge < -0.3 is 10.3 Å². The monoisotopic (exact) mass is 233 g/mol. The highest BCUT2D eigenvalue weighted by atomic mass is 15.1. The van der Waals surface area contributed by atoms with Crippen molar-refractivity contribution in [3.63, 3.8) is 0 Å². The maximum absolute atomic E-state index is 6.01. The zero-order valence-corrected chi connectivity index (χ0v) is 10.8. The molecule has 2 saturated carbocycles. The van der Waals surface area contributed by atoms with Crippen LogP contribution in [0.5, 0.6) is 0 Å². The minimum atomic E-state index is 0.0820. The number of nitrogens with two attached hydrogens (primary N) is 1. The first-order valence-corrected chi connectivity index (χ1v) is 6.94. The minimum Gasteiger partial charge on any atom is -0.330 e. The predicted octanol–water partition coefficient (Wildman–Crippen LogP) is 2.90. The maximum atomic E-state index is 6.01. The minimum absolute atomic E-state index is 0.0820. The van der Waals surface area contributed by atoms with Gasteiger partial charge in [0.25, 0.3) is 0 Å². The third kappa shape index (κ3) is 1.81. The summed E-state index contributed by atoms with van der Waals surface area (Å²) >= 11 is 0. The van der Waals surface area contributed by atoms with E-state index in [1.807, 2.05) is 19.4 Å². The second-order valence-corrected chi connectivity index (χ2v) is 6.09. The van der Waals surface area contributed by atoms with Crippen molar-refractivity contribution in [1.29, 1.82) is 0 Å². The van der Waals surface area contributed by atoms with Gasteiger partial charge in [-0.15, -0.1) is 0 Å². The second-order valence-electron chi connectivity index (χ2n) is 6.09. The van der Waals surface area contributed by atoms with Crippen LogP contribution in [-0.2, 0) is 0 Å². The van der Waals surface area contributed by atoms with Gasteiger partial charge in [-0.1, -0.05) is 6.42 Å². The average molecular weight is 233 g/mol. The summed E-state index contributed by atoms with van der Waals surface area (Å²) in [6.07, 6.45) is 9.70. The molecule has 0 aromatic carbocycles. The Morgan fingerprint density at radius 3 is 2.76 bits per heavy atom. The quantitative estimate of drug-likeness (QED) is 0.872. The summed E-state index contributed by atoms with van der Waals surface area (Å²) in [5.41, 5.74) is 7.19. The Balaban J connectivity index is 1.82. The molecule has 0 radical (unpaired) electrons. The van der Waals surface area contributed by atoms with E-state index >= 15 is 0 Å². The van der Waals surface area contributed by atoms with E-state index in [-0.39, 0.29) is 6.04 Å². The lowest BCUT2D eigenvalue weighted by Crippen LogP contribution is -2.24. The molecular formula is C14H23N3. The smallest absolute Gasteiger partial charge is 0.0951 e. The molecule has 2 aliphatic carbocycles. The van der Waals surface area contributed by atoms with E-state index in [1.165, 1.54) is 31.4 Å². The van der Waals surface area contributed by atoms with Crippen LogP contribution >= 0.6 is 0 Å². The first-order valence-electron chi connectivity index (χ1n) is 6.94. The van der Waals surface area contributed by atoms with E-state index < -0.39 is 0 Å². The standard InChI is InChI=1S/C14H23N3/c1-9(15)14-7-16-8-17(14)10(2)13-6-11-3-4-12(13)5-11/h7-13H,3-6,15H2,1-2H3/t9-,10?,11?,12?,13?/m0/s1. The fourth-order valence-electron chi connectivity index (χ4n) is 4.10. The summed E-state index contributed by atoms with van der Waals surface area (Å²) in [4.78, 5) is 4.28. The zero-order valence-electron chi connectivity index (χ0n) is 10.8. The Hall–Kier alpha value is -0.830. The zero-order chi connectivity index (χ0) is 12.0. The van der Waals surface area contributed by atoms with Gasteiger partial charge in [-0.05, 0) is 50.9 Å². The highest BCUT2D eigenvalue weighted by molar-refractivity contribution is 5.06. The number of imidazole rings is 1. The lowest BCUT2D eigenvalue weighted by molar-refractivity contribution is 0.238. The van der Waals surface area contributed by atoms with Crippen LogP contribution in [0, 0.1) is 17.8 Å². The van der Waals surface area contributed by atoms with Crippen LogP contribution in [0.1, 0.15) is 57.3 Å². The number of nitrogens with zero attached hydrogens (tertiary/aromatic N) is 2. The Kier molecular flexibility index (Phi) is 2.74. The van der Waals surface area contributed by atoms with Gasteiger partial charge in [0.15, 0.2) is 0 Å². The van der Waals surface area contributed by atoms with E-state index in [9.17, 15) is 0 Å². The lowest BCUT2D eigenvalue weighted by Gasteiger charge is -2.30. The first-order chi connectivity index (χ1) is 8.16. The van der Waals surface area contributed by atoms with E-state index in [4.69, 9.17) is 5.73 Å². The summed E-state index contributed by atoms with van der Waals surface area (Å²) < 4.78 is 2.32. The molecule has 2 N–H and O–H groups in total. The SMILES string of the molecule is CC(C1CC2CCC1C2)n1cncc1[C@H](C)N. The van der Waals surface area contributed by atoms with Crippen LogP contribution in [0.25, 0.3) is 0 Å². The second kappa shape index (κ2) is 4.13. The van der Waals surface area contributed by atoms with Crippen LogP contribution in [0.4, 0.5) is 0 Å². The third-order valence-electron chi connectivity index (χ3n) is 5.01. The number of hydrogen-bond acceptors (Lipinski definition) is 2. The summed E-state index contributed by atoms with van der Waals surface area (Å²) in [5.74, 6) is 2.81. The topological polar surface area (TPSA) is 43.8 Å². The molecule has 1 heterocycles. The van der Waals surface area contributed by atoms with Gasteiger partial charge in [-0.3, -0.25) is 0 Å². The number of hydrogen-bond donors (Lipinski definition) is 1. The fraction of sp³-hybridized carbons (Fsp3) is 0.786. The van der Waals surface area contributed by atoms with Gasteiger partial charge in [0.05, 0.1) is 12.0 Å². The van der Waals surface area contributed by atoms with Crippen LogP contribution < -0.4 is 5.73 Å². The largest absolute Gasteiger partial charge is 0.330 e. The molecule has 0 spiro atoms. The highest BCUT2D eigenvalue weighted by Crippen LogP contribution is 2.52. The third-order valence-corrected chi connectivity index (χ3v) is 5.01. The lowest BCUT2D eigenvalue weighted by atomic mass is 9.84. The van der Waals surface area contributed by atoms with Crippen molar-refractivity contribution < 1.29 is 0 Å². The molecule has 3 heteroatoms. The molecule has 0 aliphatic heterocycles. The molecule has 4 unspecified atom stereocenters. The normalized spacial score (nSPS) is 35.1. The van der Waals surface area contributed by atoms with Crippen molar-refractivity contribution in [1.82, 2.24) is 9.55 Å². The van der Waals surface area contributed by atoms with Gasteiger partial charge in [0, 0.05) is 18.3 Å². The van der Waals surface area contributed by atoms with E-state index in [2.05, 4.69) is 16.5 Å². The molecule has 94 valence electrons. The molecule has 0 saturated heterocycles. The summed E-state index contributed by atoms with van der Waals surface area (Å²) in [5, 5.41) is 0. The number of fused-ring (bicyclic) bond motifs is 2. The van der Waals surface area contributed by atoms with Gasteiger partial charge in [0.2, 0.25) is 0 Å². The molecule has 3 nitrogen and oxygen atoms in total. The molecule has 0 amide bonds. The van der Waals surface area contributed by atoms with Crippen molar-refractivity contribution in [2.45, 2.75) is 51.6 Å². The van der Waals surface area contributed by atoms with E-state index in [1.54, 1.807) is 0 Å². The van der Waals surface area contributed by atoms with Gasteiger partial charge in [-0.2, -0.15) is 0 Å². The highest BCUT2D eigenvalue weighted by Gasteiger charge is 2.42. The van der Waals surface area contributed by atoms with Crippen molar-refractivity contribution in [2.75, 3.05) is 0 Å². The molecule has 1 aromatic heterocycles. The Labute approximate surface area is 103 Å². The molecule has 3 rings (SSSR count). The van der Waals surface area contributed by atoms with Gasteiger partial charge >= 0.3 is 0 Å². The van der Waals surface area contributed by atoms with Crippen LogP contribution in [0.2, 0.25) is 0 Å². The first kappa shape index (κ1) is 11.3. The maximum Gasteiger partial charge on any atom is 0.0951 e. The van der Waals surface area contributed by atoms with E-state index in [0.29, 0.717) is 6.04 Å². The van der Waals surface area contributed by atoms with Crippen LogP contribution in [0.3, 0.4) is 0 Å². The number of rotatable bonds is 3. The summed E-state index contributed by atoms with van der Waals surface area (Å²) in [6.45, 7) is 4.39. The molecule has 5 atom stereocenters. The van der Waals surface area contributed by atoms with Crippen molar-refractivity contribution in [2.24, 2.45) is 23.5 Å². The molecular weight excluding hydrogens is 210 g/mol.